The van der Waals surface area contributed by atoms with Gasteiger partial charge in [-0.1, -0.05) is 28.1 Å². The van der Waals surface area contributed by atoms with Crippen molar-refractivity contribution in [1.29, 1.82) is 0 Å². The summed E-state index contributed by atoms with van der Waals surface area (Å²) in [6.07, 6.45) is 1.81. The van der Waals surface area contributed by atoms with Gasteiger partial charge in [0, 0.05) is 31.3 Å². The van der Waals surface area contributed by atoms with E-state index in [1.165, 1.54) is 11.1 Å². The molecule has 1 aromatic carbocycles. The lowest BCUT2D eigenvalue weighted by Gasteiger charge is -2.17. The first-order valence-electron chi connectivity index (χ1n) is 6.19. The van der Waals surface area contributed by atoms with Crippen molar-refractivity contribution in [3.8, 4) is 0 Å². The Morgan fingerprint density at radius 1 is 1.26 bits per heavy atom. The summed E-state index contributed by atoms with van der Waals surface area (Å²) in [4.78, 5) is 6.39. The van der Waals surface area contributed by atoms with Crippen LogP contribution in [0.4, 0.5) is 11.5 Å². The van der Waals surface area contributed by atoms with E-state index < -0.39 is 0 Å². The lowest BCUT2D eigenvalue weighted by molar-refractivity contribution is 1.05. The summed E-state index contributed by atoms with van der Waals surface area (Å²) in [5, 5.41) is 3.44. The Balaban J connectivity index is 2.12. The number of hydrogen-bond donors (Lipinski definition) is 1. The zero-order chi connectivity index (χ0) is 13.8. The van der Waals surface area contributed by atoms with Gasteiger partial charge in [0.25, 0.3) is 0 Å². The normalized spacial score (nSPS) is 10.3. The summed E-state index contributed by atoms with van der Waals surface area (Å²) >= 11 is 3.52. The minimum atomic E-state index is 0.792. The Morgan fingerprint density at radius 3 is 2.74 bits per heavy atom. The second-order valence-corrected chi connectivity index (χ2v) is 5.56. The topological polar surface area (TPSA) is 28.2 Å². The van der Waals surface area contributed by atoms with Crippen LogP contribution in [-0.2, 0) is 6.54 Å². The zero-order valence-corrected chi connectivity index (χ0v) is 13.0. The number of halogens is 1. The molecule has 4 heteroatoms. The number of anilines is 2. The van der Waals surface area contributed by atoms with Crippen molar-refractivity contribution in [3.63, 3.8) is 0 Å². The largest absolute Gasteiger partial charge is 0.378 e. The maximum absolute atomic E-state index is 4.38. The van der Waals surface area contributed by atoms with Crippen LogP contribution in [0.15, 0.2) is 41.0 Å². The van der Waals surface area contributed by atoms with Crippen LogP contribution >= 0.6 is 15.9 Å². The molecule has 0 saturated carbocycles. The van der Waals surface area contributed by atoms with Gasteiger partial charge in [0.1, 0.15) is 0 Å². The number of aryl methyl sites for hydroxylation is 1. The highest BCUT2D eigenvalue weighted by Crippen LogP contribution is 2.22. The third-order valence-electron chi connectivity index (χ3n) is 2.92. The molecule has 3 nitrogen and oxygen atoms in total. The molecule has 0 atom stereocenters. The summed E-state index contributed by atoms with van der Waals surface area (Å²) < 4.78 is 1.15. The molecule has 0 aliphatic carbocycles. The van der Waals surface area contributed by atoms with Crippen LogP contribution in [0.25, 0.3) is 0 Å². The molecule has 0 radical (unpaired) electrons. The van der Waals surface area contributed by atoms with E-state index in [-0.39, 0.29) is 0 Å². The summed E-state index contributed by atoms with van der Waals surface area (Å²) in [6, 6.07) is 10.4. The van der Waals surface area contributed by atoms with E-state index in [0.717, 1.165) is 22.5 Å². The van der Waals surface area contributed by atoms with Crippen LogP contribution in [0.3, 0.4) is 0 Å². The van der Waals surface area contributed by atoms with Gasteiger partial charge in [0.15, 0.2) is 5.82 Å². The summed E-state index contributed by atoms with van der Waals surface area (Å²) in [5.41, 5.74) is 3.56. The first kappa shape index (κ1) is 13.9. The van der Waals surface area contributed by atoms with Gasteiger partial charge in [-0.3, -0.25) is 0 Å². The van der Waals surface area contributed by atoms with Crippen molar-refractivity contribution in [2.75, 3.05) is 24.3 Å². The fourth-order valence-corrected chi connectivity index (χ4v) is 2.15. The molecule has 1 heterocycles. The first-order chi connectivity index (χ1) is 9.08. The third kappa shape index (κ3) is 3.47. The van der Waals surface area contributed by atoms with Crippen molar-refractivity contribution in [3.05, 3.63) is 52.1 Å². The second-order valence-electron chi connectivity index (χ2n) is 4.71. The van der Waals surface area contributed by atoms with Crippen molar-refractivity contribution in [2.24, 2.45) is 0 Å². The Labute approximate surface area is 122 Å². The molecular weight excluding hydrogens is 302 g/mol. The number of nitrogens with zero attached hydrogens (tertiary/aromatic N) is 2. The molecule has 0 saturated heterocycles. The Hall–Kier alpha value is -1.55. The maximum atomic E-state index is 4.38. The van der Waals surface area contributed by atoms with Gasteiger partial charge >= 0.3 is 0 Å². The van der Waals surface area contributed by atoms with Crippen molar-refractivity contribution >= 4 is 27.4 Å². The molecular formula is C15H18BrN3. The molecule has 0 amide bonds. The van der Waals surface area contributed by atoms with E-state index in [1.54, 1.807) is 0 Å². The van der Waals surface area contributed by atoms with Gasteiger partial charge in [-0.2, -0.15) is 0 Å². The smallest absolute Gasteiger partial charge is 0.151 e. The first-order valence-corrected chi connectivity index (χ1v) is 6.98. The van der Waals surface area contributed by atoms with Crippen molar-refractivity contribution < 1.29 is 0 Å². The minimum Gasteiger partial charge on any atom is -0.378 e. The lowest BCUT2D eigenvalue weighted by atomic mass is 10.1. The van der Waals surface area contributed by atoms with Crippen LogP contribution in [-0.4, -0.2) is 19.1 Å². The van der Waals surface area contributed by atoms with Gasteiger partial charge in [-0.25, -0.2) is 4.98 Å². The van der Waals surface area contributed by atoms with Crippen molar-refractivity contribution in [2.45, 2.75) is 13.5 Å². The van der Waals surface area contributed by atoms with Gasteiger partial charge in [-0.05, 0) is 36.2 Å². The lowest BCUT2D eigenvalue weighted by Crippen LogP contribution is -2.13. The fraction of sp³-hybridized carbons (Fsp3) is 0.267. The van der Waals surface area contributed by atoms with Gasteiger partial charge in [-0.15, -0.1) is 0 Å². The predicted molar refractivity (Wildman–Crippen MR) is 84.8 cm³/mol. The fourth-order valence-electron chi connectivity index (χ4n) is 1.91. The van der Waals surface area contributed by atoms with E-state index in [2.05, 4.69) is 51.4 Å². The molecule has 0 bridgehead atoms. The highest BCUT2D eigenvalue weighted by Gasteiger charge is 2.05. The average molecular weight is 320 g/mol. The highest BCUT2D eigenvalue weighted by molar-refractivity contribution is 9.10. The number of rotatable bonds is 4. The molecule has 0 aliphatic rings. The summed E-state index contributed by atoms with van der Waals surface area (Å²) in [6.45, 7) is 2.89. The number of hydrogen-bond acceptors (Lipinski definition) is 3. The number of pyridine rings is 1. The van der Waals surface area contributed by atoms with Crippen LogP contribution in [0, 0.1) is 6.92 Å². The van der Waals surface area contributed by atoms with E-state index in [4.69, 9.17) is 0 Å². The highest BCUT2D eigenvalue weighted by atomic mass is 79.9. The van der Waals surface area contributed by atoms with Crippen LogP contribution < -0.4 is 10.2 Å². The maximum Gasteiger partial charge on any atom is 0.151 e. The van der Waals surface area contributed by atoms with E-state index >= 15 is 0 Å². The SMILES string of the molecule is Cc1cc(CNc2cccnc2N(C)C)ccc1Br. The van der Waals surface area contributed by atoms with Crippen LogP contribution in [0.5, 0.6) is 0 Å². The van der Waals surface area contributed by atoms with E-state index in [0.29, 0.717) is 0 Å². The molecule has 2 aromatic rings. The van der Waals surface area contributed by atoms with Crippen LogP contribution in [0.1, 0.15) is 11.1 Å². The monoisotopic (exact) mass is 319 g/mol. The molecule has 0 spiro atoms. The number of nitrogens with one attached hydrogen (secondary N) is 1. The Morgan fingerprint density at radius 2 is 2.05 bits per heavy atom. The van der Waals surface area contributed by atoms with Crippen LogP contribution in [0.2, 0.25) is 0 Å². The molecule has 19 heavy (non-hydrogen) atoms. The number of aromatic nitrogens is 1. The summed E-state index contributed by atoms with van der Waals surface area (Å²) in [7, 11) is 3.99. The van der Waals surface area contributed by atoms with Gasteiger partial charge in [0.2, 0.25) is 0 Å². The molecule has 0 aliphatic heterocycles. The zero-order valence-electron chi connectivity index (χ0n) is 11.4. The van der Waals surface area contributed by atoms with Gasteiger partial charge in [0.05, 0.1) is 5.69 Å². The molecule has 100 valence electrons. The standard InChI is InChI=1S/C15H18BrN3/c1-11-9-12(6-7-13(11)16)10-18-14-5-4-8-17-15(14)19(2)3/h4-9,18H,10H2,1-3H3. The van der Waals surface area contributed by atoms with E-state index in [9.17, 15) is 0 Å². The molecule has 2 rings (SSSR count). The second kappa shape index (κ2) is 6.06. The number of benzene rings is 1. The molecule has 1 aromatic heterocycles. The van der Waals surface area contributed by atoms with E-state index in [1.807, 2.05) is 37.3 Å². The minimum absolute atomic E-state index is 0.792. The van der Waals surface area contributed by atoms with Gasteiger partial charge < -0.3 is 10.2 Å². The Kier molecular flexibility index (Phi) is 4.43. The predicted octanol–water partition coefficient (Wildman–Crippen LogP) is 3.83. The van der Waals surface area contributed by atoms with Crippen molar-refractivity contribution in [1.82, 2.24) is 4.98 Å². The summed E-state index contributed by atoms with van der Waals surface area (Å²) in [5.74, 6) is 0.955. The Bertz CT molecular complexity index is 567. The quantitative estimate of drug-likeness (QED) is 0.928. The third-order valence-corrected chi connectivity index (χ3v) is 3.81. The molecule has 0 unspecified atom stereocenters. The average Bonchev–Trinajstić information content (AvgIpc) is 2.40. The molecule has 1 N–H and O–H groups in total. The molecule has 0 fully saturated rings.